The highest BCUT2D eigenvalue weighted by molar-refractivity contribution is 7.99. The first-order valence-corrected chi connectivity index (χ1v) is 7.49. The Labute approximate surface area is 126 Å². The minimum Gasteiger partial charge on any atom is -0.481 e. The molecule has 1 aromatic carbocycles. The van der Waals surface area contributed by atoms with Crippen LogP contribution in [0, 0.1) is 5.92 Å². The van der Waals surface area contributed by atoms with Crippen LogP contribution in [0.4, 0.5) is 0 Å². The molecule has 0 spiro atoms. The topological polar surface area (TPSA) is 101 Å². The summed E-state index contributed by atoms with van der Waals surface area (Å²) in [5.74, 6) is -1.55. The Morgan fingerprint density at radius 3 is 2.71 bits per heavy atom. The van der Waals surface area contributed by atoms with Crippen molar-refractivity contribution in [2.75, 3.05) is 5.75 Å². The second-order valence-electron chi connectivity index (χ2n) is 4.44. The number of carboxylic acid groups (broad SMARTS) is 1. The molecule has 0 aliphatic carbocycles. The molecule has 2 aromatic rings. The molecule has 1 unspecified atom stereocenters. The maximum atomic E-state index is 11.0. The monoisotopic (exact) mass is 308 g/mol. The highest BCUT2D eigenvalue weighted by atomic mass is 32.2. The number of aliphatic hydroxyl groups is 1. The minimum absolute atomic E-state index is 0.220. The van der Waals surface area contributed by atoms with Crippen molar-refractivity contribution in [3.05, 3.63) is 30.3 Å². The van der Waals surface area contributed by atoms with Crippen LogP contribution >= 0.6 is 11.8 Å². The lowest BCUT2D eigenvalue weighted by Crippen LogP contribution is -2.29. The number of aliphatic carboxylic acids is 1. The van der Waals surface area contributed by atoms with Gasteiger partial charge in [0.05, 0.1) is 17.7 Å². The number of rotatable bonds is 7. The average Bonchev–Trinajstić information content (AvgIpc) is 2.95. The maximum absolute atomic E-state index is 11.0. The van der Waals surface area contributed by atoms with Gasteiger partial charge in [0.1, 0.15) is 0 Å². The van der Waals surface area contributed by atoms with Crippen LogP contribution in [-0.2, 0) is 4.79 Å². The standard InChI is InChI=1S/C13H16N4O3S/c1-2-10(12(19)20)11(18)8-21-13-14-15-16-17(13)9-6-4-3-5-7-9/h3-7,10-11,18H,2,8H2,1H3,(H,19,20)/t10-,11?/m0/s1. The summed E-state index contributed by atoms with van der Waals surface area (Å²) in [6.07, 6.45) is -0.570. The number of hydrogen-bond acceptors (Lipinski definition) is 6. The van der Waals surface area contributed by atoms with Gasteiger partial charge in [-0.25, -0.2) is 0 Å². The van der Waals surface area contributed by atoms with Crippen molar-refractivity contribution in [1.82, 2.24) is 20.2 Å². The Kier molecular flexibility index (Phi) is 5.29. The molecule has 0 aliphatic heterocycles. The van der Waals surface area contributed by atoms with Crippen LogP contribution in [-0.4, -0.2) is 48.2 Å². The predicted molar refractivity (Wildman–Crippen MR) is 77.3 cm³/mol. The number of nitrogens with zero attached hydrogens (tertiary/aromatic N) is 4. The molecule has 2 N–H and O–H groups in total. The van der Waals surface area contributed by atoms with E-state index in [0.29, 0.717) is 11.6 Å². The average molecular weight is 308 g/mol. The smallest absolute Gasteiger partial charge is 0.309 e. The molecule has 112 valence electrons. The molecule has 0 amide bonds. The van der Waals surface area contributed by atoms with E-state index in [2.05, 4.69) is 15.5 Å². The van der Waals surface area contributed by atoms with Crippen LogP contribution in [0.2, 0.25) is 0 Å². The van der Waals surface area contributed by atoms with Gasteiger partial charge in [0.15, 0.2) is 0 Å². The lowest BCUT2D eigenvalue weighted by atomic mass is 10.0. The van der Waals surface area contributed by atoms with E-state index >= 15 is 0 Å². The zero-order valence-electron chi connectivity index (χ0n) is 11.5. The summed E-state index contributed by atoms with van der Waals surface area (Å²) in [7, 11) is 0. The number of carboxylic acids is 1. The molecule has 1 aromatic heterocycles. The number of aromatic nitrogens is 4. The van der Waals surface area contributed by atoms with Gasteiger partial charge in [-0.1, -0.05) is 36.9 Å². The van der Waals surface area contributed by atoms with Crippen molar-refractivity contribution in [3.8, 4) is 5.69 Å². The summed E-state index contributed by atoms with van der Waals surface area (Å²) < 4.78 is 1.55. The van der Waals surface area contributed by atoms with Crippen molar-refractivity contribution in [2.24, 2.45) is 5.92 Å². The third kappa shape index (κ3) is 3.79. The van der Waals surface area contributed by atoms with E-state index in [1.165, 1.54) is 11.8 Å². The third-order valence-corrected chi connectivity index (χ3v) is 4.07. The molecule has 0 saturated carbocycles. The van der Waals surface area contributed by atoms with Crippen LogP contribution < -0.4 is 0 Å². The Bertz CT molecular complexity index is 590. The van der Waals surface area contributed by atoms with E-state index in [4.69, 9.17) is 5.11 Å². The zero-order chi connectivity index (χ0) is 15.2. The fourth-order valence-electron chi connectivity index (χ4n) is 1.89. The number of thioether (sulfide) groups is 1. The van der Waals surface area contributed by atoms with Gasteiger partial charge in [0, 0.05) is 5.75 Å². The molecule has 21 heavy (non-hydrogen) atoms. The van der Waals surface area contributed by atoms with Gasteiger partial charge in [-0.2, -0.15) is 4.68 Å². The zero-order valence-corrected chi connectivity index (χ0v) is 12.3. The molecule has 8 heteroatoms. The van der Waals surface area contributed by atoms with Gasteiger partial charge in [-0.3, -0.25) is 4.79 Å². The number of hydrogen-bond donors (Lipinski definition) is 2. The second-order valence-corrected chi connectivity index (χ2v) is 5.43. The molecule has 2 atom stereocenters. The van der Waals surface area contributed by atoms with Gasteiger partial charge in [0.2, 0.25) is 5.16 Å². The van der Waals surface area contributed by atoms with Crippen molar-refractivity contribution in [1.29, 1.82) is 0 Å². The number of carbonyl (C=O) groups is 1. The van der Waals surface area contributed by atoms with E-state index in [1.807, 2.05) is 30.3 Å². The Balaban J connectivity index is 2.05. The Hall–Kier alpha value is -1.93. The van der Waals surface area contributed by atoms with Gasteiger partial charge in [0.25, 0.3) is 0 Å². The normalized spacial score (nSPS) is 13.8. The van der Waals surface area contributed by atoms with Gasteiger partial charge in [-0.05, 0) is 29.0 Å². The molecule has 0 fully saturated rings. The maximum Gasteiger partial charge on any atom is 0.309 e. The van der Waals surface area contributed by atoms with E-state index in [-0.39, 0.29) is 5.75 Å². The minimum atomic E-state index is -0.992. The van der Waals surface area contributed by atoms with Crippen molar-refractivity contribution in [3.63, 3.8) is 0 Å². The lowest BCUT2D eigenvalue weighted by molar-refractivity contribution is -0.145. The highest BCUT2D eigenvalue weighted by Gasteiger charge is 2.25. The number of tetrazole rings is 1. The molecule has 0 bridgehead atoms. The first kappa shape index (κ1) is 15.5. The molecule has 1 heterocycles. The summed E-state index contributed by atoms with van der Waals surface area (Å²) in [5, 5.41) is 30.9. The third-order valence-electron chi connectivity index (χ3n) is 3.05. The SMILES string of the molecule is CC[C@H](C(=O)O)C(O)CSc1nnnn1-c1ccccc1. The summed E-state index contributed by atoms with van der Waals surface area (Å²) in [6.45, 7) is 1.74. The molecule has 2 rings (SSSR count). The van der Waals surface area contributed by atoms with Crippen LogP contribution in [0.3, 0.4) is 0 Å². The predicted octanol–water partition coefficient (Wildman–Crippen LogP) is 1.23. The first-order valence-electron chi connectivity index (χ1n) is 6.51. The number of benzene rings is 1. The highest BCUT2D eigenvalue weighted by Crippen LogP contribution is 2.21. The fraction of sp³-hybridized carbons (Fsp3) is 0.385. The molecule has 0 saturated heterocycles. The van der Waals surface area contributed by atoms with Gasteiger partial charge >= 0.3 is 5.97 Å². The summed E-state index contributed by atoms with van der Waals surface area (Å²) in [4.78, 5) is 11.0. The molecular formula is C13H16N4O3S. The molecule has 0 aliphatic rings. The number of para-hydroxylation sites is 1. The Morgan fingerprint density at radius 1 is 1.38 bits per heavy atom. The van der Waals surface area contributed by atoms with Crippen LogP contribution in [0.5, 0.6) is 0 Å². The van der Waals surface area contributed by atoms with E-state index < -0.39 is 18.0 Å². The second kappa shape index (κ2) is 7.19. The first-order chi connectivity index (χ1) is 10.1. The van der Waals surface area contributed by atoms with E-state index in [1.54, 1.807) is 11.6 Å². The van der Waals surface area contributed by atoms with Crippen molar-refractivity contribution >= 4 is 17.7 Å². The van der Waals surface area contributed by atoms with Crippen LogP contribution in [0.15, 0.2) is 35.5 Å². The number of aliphatic hydroxyl groups excluding tert-OH is 1. The lowest BCUT2D eigenvalue weighted by Gasteiger charge is -2.16. The Morgan fingerprint density at radius 2 is 2.10 bits per heavy atom. The molecule has 0 radical (unpaired) electrons. The van der Waals surface area contributed by atoms with Gasteiger partial charge in [-0.15, -0.1) is 5.10 Å². The summed E-state index contributed by atoms with van der Waals surface area (Å²) >= 11 is 1.23. The molecular weight excluding hydrogens is 292 g/mol. The van der Waals surface area contributed by atoms with Gasteiger partial charge < -0.3 is 10.2 Å². The fourth-order valence-corrected chi connectivity index (χ4v) is 2.80. The van der Waals surface area contributed by atoms with Crippen molar-refractivity contribution in [2.45, 2.75) is 24.6 Å². The van der Waals surface area contributed by atoms with Crippen LogP contribution in [0.25, 0.3) is 5.69 Å². The van der Waals surface area contributed by atoms with E-state index in [0.717, 1.165) is 5.69 Å². The quantitative estimate of drug-likeness (QED) is 0.742. The molecule has 7 nitrogen and oxygen atoms in total. The summed E-state index contributed by atoms with van der Waals surface area (Å²) in [5.41, 5.74) is 0.810. The van der Waals surface area contributed by atoms with Crippen LogP contribution in [0.1, 0.15) is 13.3 Å². The van der Waals surface area contributed by atoms with Crippen molar-refractivity contribution < 1.29 is 15.0 Å². The van der Waals surface area contributed by atoms with E-state index in [9.17, 15) is 9.90 Å². The summed E-state index contributed by atoms with van der Waals surface area (Å²) in [6, 6.07) is 9.37. The largest absolute Gasteiger partial charge is 0.481 e.